The van der Waals surface area contributed by atoms with Gasteiger partial charge >= 0.3 is 0 Å². The van der Waals surface area contributed by atoms with E-state index in [0.717, 1.165) is 23.4 Å². The van der Waals surface area contributed by atoms with Crippen LogP contribution >= 0.6 is 11.3 Å². The Hall–Kier alpha value is -2.25. The Morgan fingerprint density at radius 1 is 1.21 bits per heavy atom. The molecule has 3 rings (SSSR count). The van der Waals surface area contributed by atoms with Crippen LogP contribution in [0.3, 0.4) is 0 Å². The zero-order valence-electron chi connectivity index (χ0n) is 13.5. The Labute approximate surface area is 143 Å². The summed E-state index contributed by atoms with van der Waals surface area (Å²) in [5.74, 6) is -0.688. The van der Waals surface area contributed by atoms with Crippen LogP contribution in [-0.4, -0.2) is 28.0 Å². The van der Waals surface area contributed by atoms with Crippen LogP contribution < -0.4 is 10.8 Å². The predicted molar refractivity (Wildman–Crippen MR) is 90.4 cm³/mol. The number of benzene rings is 1. The van der Waals surface area contributed by atoms with Crippen LogP contribution in [0.15, 0.2) is 29.6 Å². The van der Waals surface area contributed by atoms with E-state index >= 15 is 0 Å². The lowest BCUT2D eigenvalue weighted by atomic mass is 9.95. The van der Waals surface area contributed by atoms with Gasteiger partial charge < -0.3 is 5.32 Å². The summed E-state index contributed by atoms with van der Waals surface area (Å²) in [6.45, 7) is 3.83. The summed E-state index contributed by atoms with van der Waals surface area (Å²) in [4.78, 5) is 28.0. The molecule has 0 saturated heterocycles. The molecule has 1 aromatic heterocycles. The standard InChI is InChI=1S/C17H19N3O3S/c1-10(2)18-15(22)13-9-24-16(19-13)17(7-8-17)12-5-3-11(4-6-12)14(21)20-23/h3-6,9-10,23H,7-8H2,1-2H3,(H,18,22)(H,20,21). The van der Waals surface area contributed by atoms with Gasteiger partial charge in [-0.2, -0.15) is 0 Å². The van der Waals surface area contributed by atoms with Crippen LogP contribution in [0.4, 0.5) is 0 Å². The zero-order chi connectivity index (χ0) is 17.3. The van der Waals surface area contributed by atoms with Crippen molar-refractivity contribution in [2.24, 2.45) is 0 Å². The number of carbonyl (C=O) groups excluding carboxylic acids is 2. The first-order valence-corrected chi connectivity index (χ1v) is 8.66. The van der Waals surface area contributed by atoms with Crippen LogP contribution in [0.1, 0.15) is 58.1 Å². The maximum absolute atomic E-state index is 12.1. The topological polar surface area (TPSA) is 91.3 Å². The molecule has 7 heteroatoms. The smallest absolute Gasteiger partial charge is 0.274 e. The second-order valence-electron chi connectivity index (χ2n) is 6.27. The molecule has 1 heterocycles. The van der Waals surface area contributed by atoms with Crippen LogP contribution in [0, 0.1) is 0 Å². The lowest BCUT2D eigenvalue weighted by Crippen LogP contribution is -2.30. The van der Waals surface area contributed by atoms with E-state index in [1.165, 1.54) is 11.3 Å². The van der Waals surface area contributed by atoms with Crippen LogP contribution in [-0.2, 0) is 5.41 Å². The number of hydrogen-bond donors (Lipinski definition) is 3. The van der Waals surface area contributed by atoms with Gasteiger partial charge in [0, 0.05) is 22.4 Å². The van der Waals surface area contributed by atoms with Crippen molar-refractivity contribution in [2.75, 3.05) is 0 Å². The first-order chi connectivity index (χ1) is 11.5. The molecule has 126 valence electrons. The molecule has 2 aromatic rings. The van der Waals surface area contributed by atoms with Crippen molar-refractivity contribution in [3.63, 3.8) is 0 Å². The fraction of sp³-hybridized carbons (Fsp3) is 0.353. The van der Waals surface area contributed by atoms with Crippen LogP contribution in [0.2, 0.25) is 0 Å². The number of nitrogens with one attached hydrogen (secondary N) is 2. The minimum atomic E-state index is -0.534. The minimum absolute atomic E-state index is 0.0720. The van der Waals surface area contributed by atoms with E-state index in [4.69, 9.17) is 5.21 Å². The molecule has 6 nitrogen and oxygen atoms in total. The molecular weight excluding hydrogens is 326 g/mol. The fourth-order valence-corrected chi connectivity index (χ4v) is 3.77. The van der Waals surface area contributed by atoms with E-state index in [9.17, 15) is 9.59 Å². The molecular formula is C17H19N3O3S. The summed E-state index contributed by atoms with van der Waals surface area (Å²) >= 11 is 1.49. The molecule has 1 aliphatic carbocycles. The number of hydroxylamine groups is 1. The molecule has 0 unspecified atom stereocenters. The average molecular weight is 345 g/mol. The maximum atomic E-state index is 12.1. The first-order valence-electron chi connectivity index (χ1n) is 7.78. The largest absolute Gasteiger partial charge is 0.349 e. The van der Waals surface area contributed by atoms with Gasteiger partial charge in [-0.15, -0.1) is 11.3 Å². The molecule has 0 radical (unpaired) electrons. The van der Waals surface area contributed by atoms with Gasteiger partial charge in [0.1, 0.15) is 10.7 Å². The molecule has 0 atom stereocenters. The lowest BCUT2D eigenvalue weighted by molar-refractivity contribution is 0.0706. The zero-order valence-corrected chi connectivity index (χ0v) is 14.3. The Balaban J connectivity index is 1.83. The van der Waals surface area contributed by atoms with Gasteiger partial charge in [-0.1, -0.05) is 12.1 Å². The lowest BCUT2D eigenvalue weighted by Gasteiger charge is -2.13. The third-order valence-electron chi connectivity index (χ3n) is 4.12. The monoisotopic (exact) mass is 345 g/mol. The van der Waals surface area contributed by atoms with E-state index in [0.29, 0.717) is 11.3 Å². The van der Waals surface area contributed by atoms with E-state index in [-0.39, 0.29) is 17.4 Å². The number of hydrogen-bond acceptors (Lipinski definition) is 5. The van der Waals surface area contributed by atoms with E-state index < -0.39 is 5.91 Å². The molecule has 1 fully saturated rings. The van der Waals surface area contributed by atoms with Crippen molar-refractivity contribution in [1.29, 1.82) is 0 Å². The van der Waals surface area contributed by atoms with Crippen LogP contribution in [0.25, 0.3) is 0 Å². The first kappa shape index (κ1) is 16.6. The second kappa shape index (κ2) is 6.33. The summed E-state index contributed by atoms with van der Waals surface area (Å²) in [7, 11) is 0. The summed E-state index contributed by atoms with van der Waals surface area (Å²) < 4.78 is 0. The molecule has 0 spiro atoms. The van der Waals surface area contributed by atoms with Gasteiger partial charge in [-0.25, -0.2) is 10.5 Å². The third-order valence-corrected chi connectivity index (χ3v) is 5.16. The Bertz CT molecular complexity index is 764. The second-order valence-corrected chi connectivity index (χ2v) is 7.12. The van der Waals surface area contributed by atoms with Crippen LogP contribution in [0.5, 0.6) is 0 Å². The molecule has 1 aromatic carbocycles. The maximum Gasteiger partial charge on any atom is 0.274 e. The highest BCUT2D eigenvalue weighted by Crippen LogP contribution is 2.54. The number of thiazole rings is 1. The van der Waals surface area contributed by atoms with Crippen molar-refractivity contribution in [3.05, 3.63) is 51.5 Å². The Morgan fingerprint density at radius 3 is 2.42 bits per heavy atom. The number of carbonyl (C=O) groups is 2. The summed E-state index contributed by atoms with van der Waals surface area (Å²) in [6, 6.07) is 7.20. The molecule has 24 heavy (non-hydrogen) atoms. The van der Waals surface area contributed by atoms with E-state index in [1.54, 1.807) is 23.0 Å². The summed E-state index contributed by atoms with van der Waals surface area (Å²) in [5, 5.41) is 14.2. The highest BCUT2D eigenvalue weighted by atomic mass is 32.1. The normalized spacial score (nSPS) is 15.2. The highest BCUT2D eigenvalue weighted by Gasteiger charge is 2.48. The minimum Gasteiger partial charge on any atom is -0.349 e. The van der Waals surface area contributed by atoms with Gasteiger partial charge in [0.25, 0.3) is 11.8 Å². The van der Waals surface area contributed by atoms with Gasteiger partial charge in [0.15, 0.2) is 0 Å². The van der Waals surface area contributed by atoms with Crippen molar-refractivity contribution >= 4 is 23.2 Å². The number of nitrogens with zero attached hydrogens (tertiary/aromatic N) is 1. The molecule has 1 saturated carbocycles. The quantitative estimate of drug-likeness (QED) is 0.573. The molecule has 3 N–H and O–H groups in total. The van der Waals surface area contributed by atoms with Gasteiger partial charge in [0.05, 0.1) is 0 Å². The number of rotatable bonds is 5. The fourth-order valence-electron chi connectivity index (χ4n) is 2.69. The molecule has 1 aliphatic rings. The highest BCUT2D eigenvalue weighted by molar-refractivity contribution is 7.10. The SMILES string of the molecule is CC(C)NC(=O)c1csc(C2(c3ccc(C(=O)NO)cc3)CC2)n1. The van der Waals surface area contributed by atoms with E-state index in [1.807, 2.05) is 26.0 Å². The molecule has 0 bridgehead atoms. The van der Waals surface area contributed by atoms with Crippen molar-refractivity contribution in [2.45, 2.75) is 38.1 Å². The van der Waals surface area contributed by atoms with Crippen molar-refractivity contribution in [3.8, 4) is 0 Å². The average Bonchev–Trinajstić information content (AvgIpc) is 3.23. The van der Waals surface area contributed by atoms with Crippen molar-refractivity contribution in [1.82, 2.24) is 15.8 Å². The van der Waals surface area contributed by atoms with Gasteiger partial charge in [0.2, 0.25) is 0 Å². The van der Waals surface area contributed by atoms with Gasteiger partial charge in [-0.05, 0) is 44.4 Å². The Kier molecular flexibility index (Phi) is 4.38. The van der Waals surface area contributed by atoms with Gasteiger partial charge in [-0.3, -0.25) is 14.8 Å². The number of aromatic nitrogens is 1. The predicted octanol–water partition coefficient (Wildman–Crippen LogP) is 2.48. The summed E-state index contributed by atoms with van der Waals surface area (Å²) in [6.07, 6.45) is 1.94. The summed E-state index contributed by atoms with van der Waals surface area (Å²) in [5.41, 5.74) is 3.39. The third kappa shape index (κ3) is 3.05. The van der Waals surface area contributed by atoms with Crippen molar-refractivity contribution < 1.29 is 14.8 Å². The molecule has 0 aliphatic heterocycles. The Morgan fingerprint density at radius 2 is 1.88 bits per heavy atom. The molecule has 2 amide bonds. The van der Waals surface area contributed by atoms with E-state index in [2.05, 4.69) is 10.3 Å². The number of amides is 2.